The predicted molar refractivity (Wildman–Crippen MR) is 114 cm³/mol. The summed E-state index contributed by atoms with van der Waals surface area (Å²) in [7, 11) is 1.44. The number of aliphatic hydroxyl groups is 2. The molecule has 1 aromatic rings. The molecule has 1 aromatic heterocycles. The number of aliphatic hydroxyl groups excluding tert-OH is 2. The highest BCUT2D eigenvalue weighted by Gasteiger charge is 2.29. The fourth-order valence-electron chi connectivity index (χ4n) is 3.57. The topological polar surface area (TPSA) is 112 Å². The highest BCUT2D eigenvalue weighted by Crippen LogP contribution is 2.11. The molecule has 0 saturated carbocycles. The maximum atomic E-state index is 12.9. The van der Waals surface area contributed by atoms with Crippen molar-refractivity contribution in [1.82, 2.24) is 14.8 Å². The van der Waals surface area contributed by atoms with Gasteiger partial charge in [-0.3, -0.25) is 14.6 Å². The molecule has 0 bridgehead atoms. The van der Waals surface area contributed by atoms with Crippen molar-refractivity contribution in [2.45, 2.75) is 50.9 Å². The van der Waals surface area contributed by atoms with Crippen LogP contribution in [0.4, 0.5) is 0 Å². The first-order chi connectivity index (χ1) is 14.9. The Morgan fingerprint density at radius 2 is 1.81 bits per heavy atom. The van der Waals surface area contributed by atoms with E-state index in [9.17, 15) is 19.8 Å². The summed E-state index contributed by atoms with van der Waals surface area (Å²) in [6.07, 6.45) is 2.73. The number of pyridine rings is 1. The van der Waals surface area contributed by atoms with Crippen LogP contribution in [0.15, 0.2) is 24.5 Å². The van der Waals surface area contributed by atoms with Gasteiger partial charge >= 0.3 is 0 Å². The molecule has 3 atom stereocenters. The van der Waals surface area contributed by atoms with E-state index in [0.717, 1.165) is 18.4 Å². The third-order valence-corrected chi connectivity index (χ3v) is 5.49. The number of hydrogen-bond acceptors (Lipinski definition) is 7. The molecule has 2 heterocycles. The molecule has 1 saturated heterocycles. The molecule has 0 radical (unpaired) electrons. The molecule has 1 fully saturated rings. The SMILES string of the molecule is CO[C@H]1CN(C(C)=O)CCCN(C(=O)Cc2ccncc2)CCCCOC[C@H](O)[C@@H]1O. The molecule has 0 spiro atoms. The lowest BCUT2D eigenvalue weighted by Crippen LogP contribution is -2.48. The van der Waals surface area contributed by atoms with Crippen molar-refractivity contribution in [2.24, 2.45) is 0 Å². The van der Waals surface area contributed by atoms with E-state index in [1.807, 2.05) is 17.0 Å². The summed E-state index contributed by atoms with van der Waals surface area (Å²) in [5, 5.41) is 20.6. The lowest BCUT2D eigenvalue weighted by Gasteiger charge is -2.31. The van der Waals surface area contributed by atoms with E-state index >= 15 is 0 Å². The average Bonchev–Trinajstić information content (AvgIpc) is 2.76. The highest BCUT2D eigenvalue weighted by atomic mass is 16.5. The Labute approximate surface area is 184 Å². The van der Waals surface area contributed by atoms with Gasteiger partial charge in [-0.25, -0.2) is 0 Å². The van der Waals surface area contributed by atoms with Gasteiger partial charge in [0.2, 0.25) is 11.8 Å². The van der Waals surface area contributed by atoms with Crippen LogP contribution in [0.3, 0.4) is 0 Å². The number of carbonyl (C=O) groups is 2. The van der Waals surface area contributed by atoms with Gasteiger partial charge in [0, 0.05) is 59.2 Å². The van der Waals surface area contributed by atoms with E-state index < -0.39 is 18.3 Å². The van der Waals surface area contributed by atoms with Gasteiger partial charge in [-0.2, -0.15) is 0 Å². The average molecular weight is 438 g/mol. The summed E-state index contributed by atoms with van der Waals surface area (Å²) in [5.74, 6) is -0.120. The van der Waals surface area contributed by atoms with Crippen LogP contribution in [0, 0.1) is 0 Å². The van der Waals surface area contributed by atoms with Crippen LogP contribution in [0.25, 0.3) is 0 Å². The lowest BCUT2D eigenvalue weighted by atomic mass is 10.1. The molecule has 0 aliphatic carbocycles. The van der Waals surface area contributed by atoms with E-state index in [4.69, 9.17) is 9.47 Å². The smallest absolute Gasteiger partial charge is 0.226 e. The first-order valence-electron chi connectivity index (χ1n) is 10.8. The molecule has 0 aromatic carbocycles. The van der Waals surface area contributed by atoms with Crippen molar-refractivity contribution in [3.8, 4) is 0 Å². The van der Waals surface area contributed by atoms with E-state index in [2.05, 4.69) is 4.98 Å². The Bertz CT molecular complexity index is 674. The largest absolute Gasteiger partial charge is 0.388 e. The second-order valence-electron chi connectivity index (χ2n) is 7.85. The summed E-state index contributed by atoms with van der Waals surface area (Å²) in [6.45, 7) is 3.55. The summed E-state index contributed by atoms with van der Waals surface area (Å²) in [6, 6.07) is 3.66. The zero-order valence-electron chi connectivity index (χ0n) is 18.5. The van der Waals surface area contributed by atoms with E-state index in [0.29, 0.717) is 39.1 Å². The molecule has 31 heavy (non-hydrogen) atoms. The summed E-state index contributed by atoms with van der Waals surface area (Å²) >= 11 is 0. The van der Waals surface area contributed by atoms with Gasteiger partial charge in [-0.1, -0.05) is 0 Å². The molecule has 1 aliphatic heterocycles. The predicted octanol–water partition coefficient (Wildman–Crippen LogP) is 0.239. The maximum absolute atomic E-state index is 12.9. The number of ether oxygens (including phenoxy) is 2. The summed E-state index contributed by atoms with van der Waals surface area (Å²) in [4.78, 5) is 32.4. The normalized spacial score (nSPS) is 24.8. The number of methoxy groups -OCH3 is 1. The number of hydrogen-bond donors (Lipinski definition) is 2. The third kappa shape index (κ3) is 8.53. The van der Waals surface area contributed by atoms with Crippen molar-refractivity contribution in [1.29, 1.82) is 0 Å². The summed E-state index contributed by atoms with van der Waals surface area (Å²) in [5.41, 5.74) is 0.912. The standard InChI is InChI=1S/C22H35N3O6/c1-17(26)25-12-5-11-24(21(28)14-18-6-8-23-9-7-18)10-3-4-13-31-16-19(27)22(29)20(15-25)30-2/h6-9,19-20,22,27,29H,3-5,10-16H2,1-2H3/t19-,20-,22-/m0/s1. The molecule has 2 N–H and O–H groups in total. The Balaban J connectivity index is 2.06. The van der Waals surface area contributed by atoms with Crippen LogP contribution >= 0.6 is 0 Å². The monoisotopic (exact) mass is 437 g/mol. The summed E-state index contributed by atoms with van der Waals surface area (Å²) < 4.78 is 10.8. The van der Waals surface area contributed by atoms with Crippen LogP contribution in [0.2, 0.25) is 0 Å². The van der Waals surface area contributed by atoms with Crippen LogP contribution in [0.1, 0.15) is 31.7 Å². The Morgan fingerprint density at radius 1 is 1.13 bits per heavy atom. The van der Waals surface area contributed by atoms with Gasteiger partial charge in [0.15, 0.2) is 0 Å². The minimum atomic E-state index is -1.17. The zero-order valence-corrected chi connectivity index (χ0v) is 18.5. The van der Waals surface area contributed by atoms with Gasteiger partial charge in [-0.15, -0.1) is 0 Å². The molecule has 0 unspecified atom stereocenters. The van der Waals surface area contributed by atoms with Crippen LogP contribution < -0.4 is 0 Å². The van der Waals surface area contributed by atoms with Crippen molar-refractivity contribution in [2.75, 3.05) is 46.5 Å². The first kappa shape index (κ1) is 25.2. The number of amides is 2. The minimum Gasteiger partial charge on any atom is -0.388 e. The molecule has 2 amide bonds. The molecule has 9 nitrogen and oxygen atoms in total. The quantitative estimate of drug-likeness (QED) is 0.696. The zero-order chi connectivity index (χ0) is 22.6. The van der Waals surface area contributed by atoms with Crippen LogP contribution in [-0.2, 0) is 25.5 Å². The van der Waals surface area contributed by atoms with Gasteiger partial charge in [0.1, 0.15) is 18.3 Å². The number of rotatable bonds is 3. The van der Waals surface area contributed by atoms with Gasteiger partial charge in [-0.05, 0) is 37.0 Å². The molecular weight excluding hydrogens is 402 g/mol. The van der Waals surface area contributed by atoms with Crippen molar-refractivity contribution in [3.05, 3.63) is 30.1 Å². The molecule has 174 valence electrons. The van der Waals surface area contributed by atoms with E-state index in [1.54, 1.807) is 17.3 Å². The van der Waals surface area contributed by atoms with Gasteiger partial charge in [0.05, 0.1) is 13.0 Å². The second kappa shape index (κ2) is 13.4. The molecule has 2 rings (SSSR count). The van der Waals surface area contributed by atoms with Crippen molar-refractivity contribution < 1.29 is 29.3 Å². The van der Waals surface area contributed by atoms with Crippen molar-refractivity contribution >= 4 is 11.8 Å². The third-order valence-electron chi connectivity index (χ3n) is 5.49. The van der Waals surface area contributed by atoms with Crippen LogP contribution in [0.5, 0.6) is 0 Å². The minimum absolute atomic E-state index is 0.0220. The highest BCUT2D eigenvalue weighted by molar-refractivity contribution is 5.78. The van der Waals surface area contributed by atoms with Crippen molar-refractivity contribution in [3.63, 3.8) is 0 Å². The molecular formula is C22H35N3O6. The fraction of sp³-hybridized carbons (Fsp3) is 0.682. The van der Waals surface area contributed by atoms with E-state index in [-0.39, 0.29) is 25.0 Å². The molecule has 1 aliphatic rings. The fourth-order valence-corrected chi connectivity index (χ4v) is 3.57. The number of carbonyl (C=O) groups excluding carboxylic acids is 2. The van der Waals surface area contributed by atoms with Gasteiger partial charge < -0.3 is 29.5 Å². The maximum Gasteiger partial charge on any atom is 0.226 e. The van der Waals surface area contributed by atoms with Crippen LogP contribution in [-0.4, -0.2) is 102 Å². The lowest BCUT2D eigenvalue weighted by molar-refractivity contribution is -0.136. The van der Waals surface area contributed by atoms with E-state index in [1.165, 1.54) is 14.0 Å². The number of nitrogens with zero attached hydrogens (tertiary/aromatic N) is 3. The Hall–Kier alpha value is -2.07. The first-order valence-corrected chi connectivity index (χ1v) is 10.8. The Kier molecular flexibility index (Phi) is 10.9. The van der Waals surface area contributed by atoms with Gasteiger partial charge in [0.25, 0.3) is 0 Å². The Morgan fingerprint density at radius 3 is 2.48 bits per heavy atom. The number of aromatic nitrogens is 1. The molecule has 9 heteroatoms. The second-order valence-corrected chi connectivity index (χ2v) is 7.85.